The molecule has 0 spiro atoms. The van der Waals surface area contributed by atoms with E-state index in [4.69, 9.17) is 0 Å². The molecule has 4 nitrogen and oxygen atoms in total. The fraction of sp³-hybridized carbons (Fsp3) is 0.545. The minimum atomic E-state index is -2.87. The van der Waals surface area contributed by atoms with Crippen LogP contribution in [0.5, 0.6) is 0 Å². The van der Waals surface area contributed by atoms with Crippen molar-refractivity contribution in [2.75, 3.05) is 18.1 Å². The standard InChI is InChI=1S/C11H18N2O2S/c1-3-16(14,15)9-8-13-10(2)11-4-6-12-7-5-11/h4-7,10,13H,3,8-9H2,1-2H3/t10-/m0/s1. The molecule has 1 aromatic rings. The third-order valence-corrected chi connectivity index (χ3v) is 4.22. The summed E-state index contributed by atoms with van der Waals surface area (Å²) < 4.78 is 22.5. The molecule has 0 aromatic carbocycles. The highest BCUT2D eigenvalue weighted by atomic mass is 32.2. The van der Waals surface area contributed by atoms with E-state index in [9.17, 15) is 8.42 Å². The Labute approximate surface area is 97.0 Å². The second kappa shape index (κ2) is 5.96. The van der Waals surface area contributed by atoms with Crippen LogP contribution in [0.1, 0.15) is 25.5 Å². The first kappa shape index (κ1) is 13.1. The van der Waals surface area contributed by atoms with Gasteiger partial charge >= 0.3 is 0 Å². The molecule has 0 aliphatic heterocycles. The fourth-order valence-corrected chi connectivity index (χ4v) is 2.06. The van der Waals surface area contributed by atoms with Crippen molar-refractivity contribution in [3.8, 4) is 0 Å². The molecule has 0 radical (unpaired) electrons. The number of rotatable bonds is 6. The van der Waals surface area contributed by atoms with E-state index >= 15 is 0 Å². The molecule has 0 aliphatic rings. The lowest BCUT2D eigenvalue weighted by molar-refractivity contribution is 0.572. The number of aromatic nitrogens is 1. The number of hydrogen-bond acceptors (Lipinski definition) is 4. The number of nitrogens with one attached hydrogen (secondary N) is 1. The van der Waals surface area contributed by atoms with Gasteiger partial charge in [-0.3, -0.25) is 4.98 Å². The van der Waals surface area contributed by atoms with E-state index in [1.165, 1.54) is 0 Å². The summed E-state index contributed by atoms with van der Waals surface area (Å²) >= 11 is 0. The van der Waals surface area contributed by atoms with Crippen LogP contribution >= 0.6 is 0 Å². The van der Waals surface area contributed by atoms with Gasteiger partial charge in [-0.25, -0.2) is 8.42 Å². The number of pyridine rings is 1. The molecule has 0 aliphatic carbocycles. The highest BCUT2D eigenvalue weighted by molar-refractivity contribution is 7.91. The summed E-state index contributed by atoms with van der Waals surface area (Å²) in [5.74, 6) is 0.400. The Hall–Kier alpha value is -0.940. The zero-order chi connectivity index (χ0) is 12.0. The summed E-state index contributed by atoms with van der Waals surface area (Å²) in [5, 5.41) is 3.18. The van der Waals surface area contributed by atoms with Gasteiger partial charge in [0.1, 0.15) is 0 Å². The van der Waals surface area contributed by atoms with Crippen molar-refractivity contribution < 1.29 is 8.42 Å². The minimum absolute atomic E-state index is 0.148. The molecule has 0 saturated heterocycles. The van der Waals surface area contributed by atoms with Crippen LogP contribution in [0, 0.1) is 0 Å². The SMILES string of the molecule is CCS(=O)(=O)CCN[C@@H](C)c1ccncc1. The zero-order valence-corrected chi connectivity index (χ0v) is 10.5. The Balaban J connectivity index is 2.40. The molecule has 1 atom stereocenters. The Kier molecular flexibility index (Phi) is 4.89. The van der Waals surface area contributed by atoms with Crippen molar-refractivity contribution in [3.05, 3.63) is 30.1 Å². The molecule has 1 aromatic heterocycles. The normalized spacial score (nSPS) is 13.6. The van der Waals surface area contributed by atoms with Gasteiger partial charge in [-0.15, -0.1) is 0 Å². The lowest BCUT2D eigenvalue weighted by Gasteiger charge is -2.13. The monoisotopic (exact) mass is 242 g/mol. The van der Waals surface area contributed by atoms with Gasteiger partial charge < -0.3 is 5.32 Å². The maximum Gasteiger partial charge on any atom is 0.151 e. The Bertz CT molecular complexity index is 403. The Morgan fingerprint density at radius 2 is 2.00 bits per heavy atom. The van der Waals surface area contributed by atoms with Crippen LogP contribution in [-0.4, -0.2) is 31.5 Å². The topological polar surface area (TPSA) is 59.1 Å². The van der Waals surface area contributed by atoms with Gasteiger partial charge in [0, 0.05) is 30.7 Å². The van der Waals surface area contributed by atoms with Crippen molar-refractivity contribution in [3.63, 3.8) is 0 Å². The summed E-state index contributed by atoms with van der Waals surface area (Å²) in [4.78, 5) is 3.94. The van der Waals surface area contributed by atoms with Crippen LogP contribution in [-0.2, 0) is 9.84 Å². The molecule has 16 heavy (non-hydrogen) atoms. The first-order chi connectivity index (χ1) is 7.55. The predicted octanol–water partition coefficient (Wildman–Crippen LogP) is 1.17. The van der Waals surface area contributed by atoms with Crippen molar-refractivity contribution in [2.45, 2.75) is 19.9 Å². The Morgan fingerprint density at radius 3 is 2.56 bits per heavy atom. The quantitative estimate of drug-likeness (QED) is 0.813. The maximum atomic E-state index is 11.3. The minimum Gasteiger partial charge on any atom is -0.309 e. The second-order valence-electron chi connectivity index (χ2n) is 3.69. The molecule has 0 fully saturated rings. The molecule has 1 heterocycles. The van der Waals surface area contributed by atoms with E-state index in [2.05, 4.69) is 10.3 Å². The molecule has 1 rings (SSSR count). The fourth-order valence-electron chi connectivity index (χ4n) is 1.35. The van der Waals surface area contributed by atoms with E-state index < -0.39 is 9.84 Å². The Morgan fingerprint density at radius 1 is 1.38 bits per heavy atom. The van der Waals surface area contributed by atoms with Crippen molar-refractivity contribution in [1.29, 1.82) is 0 Å². The molecule has 0 unspecified atom stereocenters. The average Bonchev–Trinajstić information content (AvgIpc) is 2.30. The summed E-state index contributed by atoms with van der Waals surface area (Å²) in [5.41, 5.74) is 1.11. The molecule has 0 bridgehead atoms. The first-order valence-electron chi connectivity index (χ1n) is 5.39. The molecule has 0 saturated carbocycles. The summed E-state index contributed by atoms with van der Waals surface area (Å²) in [7, 11) is -2.87. The van der Waals surface area contributed by atoms with Crippen LogP contribution in [0.2, 0.25) is 0 Å². The molecule has 0 amide bonds. The van der Waals surface area contributed by atoms with E-state index in [1.54, 1.807) is 19.3 Å². The van der Waals surface area contributed by atoms with Crippen molar-refractivity contribution in [2.24, 2.45) is 0 Å². The third kappa shape index (κ3) is 4.28. The largest absolute Gasteiger partial charge is 0.309 e. The number of sulfone groups is 1. The number of hydrogen-bond donors (Lipinski definition) is 1. The van der Waals surface area contributed by atoms with E-state index in [0.29, 0.717) is 6.54 Å². The predicted molar refractivity (Wildman–Crippen MR) is 65.0 cm³/mol. The lowest BCUT2D eigenvalue weighted by Crippen LogP contribution is -2.26. The summed E-state index contributed by atoms with van der Waals surface area (Å²) in [6, 6.07) is 3.99. The third-order valence-electron chi connectivity index (χ3n) is 2.51. The van der Waals surface area contributed by atoms with Gasteiger partial charge in [0.05, 0.1) is 5.75 Å². The highest BCUT2D eigenvalue weighted by Gasteiger charge is 2.09. The van der Waals surface area contributed by atoms with E-state index in [1.807, 2.05) is 19.1 Å². The number of nitrogens with zero attached hydrogens (tertiary/aromatic N) is 1. The van der Waals surface area contributed by atoms with Gasteiger partial charge in [0.15, 0.2) is 9.84 Å². The van der Waals surface area contributed by atoms with Crippen LogP contribution in [0.3, 0.4) is 0 Å². The van der Waals surface area contributed by atoms with Gasteiger partial charge in [-0.05, 0) is 24.6 Å². The highest BCUT2D eigenvalue weighted by Crippen LogP contribution is 2.09. The lowest BCUT2D eigenvalue weighted by atomic mass is 10.1. The van der Waals surface area contributed by atoms with E-state index in [0.717, 1.165) is 5.56 Å². The van der Waals surface area contributed by atoms with Gasteiger partial charge in [-0.2, -0.15) is 0 Å². The molecular weight excluding hydrogens is 224 g/mol. The van der Waals surface area contributed by atoms with Crippen LogP contribution in [0.25, 0.3) is 0 Å². The van der Waals surface area contributed by atoms with Crippen molar-refractivity contribution in [1.82, 2.24) is 10.3 Å². The molecular formula is C11H18N2O2S. The molecule has 5 heteroatoms. The second-order valence-corrected chi connectivity index (χ2v) is 6.17. The summed E-state index contributed by atoms with van der Waals surface area (Å²) in [6.45, 7) is 4.16. The zero-order valence-electron chi connectivity index (χ0n) is 9.68. The molecule has 90 valence electrons. The van der Waals surface area contributed by atoms with Crippen LogP contribution in [0.15, 0.2) is 24.5 Å². The maximum absolute atomic E-state index is 11.3. The van der Waals surface area contributed by atoms with Gasteiger partial charge in [-0.1, -0.05) is 6.92 Å². The van der Waals surface area contributed by atoms with Gasteiger partial charge in [0.2, 0.25) is 0 Å². The average molecular weight is 242 g/mol. The molecule has 1 N–H and O–H groups in total. The summed E-state index contributed by atoms with van der Waals surface area (Å²) in [6.07, 6.45) is 3.46. The van der Waals surface area contributed by atoms with Crippen molar-refractivity contribution >= 4 is 9.84 Å². The van der Waals surface area contributed by atoms with Crippen LogP contribution in [0.4, 0.5) is 0 Å². The van der Waals surface area contributed by atoms with E-state index in [-0.39, 0.29) is 17.5 Å². The smallest absolute Gasteiger partial charge is 0.151 e. The van der Waals surface area contributed by atoms with Crippen LogP contribution < -0.4 is 5.32 Å². The van der Waals surface area contributed by atoms with Gasteiger partial charge in [0.25, 0.3) is 0 Å². The first-order valence-corrected chi connectivity index (χ1v) is 7.21.